The average Bonchev–Trinajstić information content (AvgIpc) is 2.72. The Morgan fingerprint density at radius 1 is 1.04 bits per heavy atom. The molecule has 0 spiro atoms. The van der Waals surface area contributed by atoms with Crippen LogP contribution in [0.3, 0.4) is 0 Å². The fraction of sp³-hybridized carbons (Fsp3) is 0.238. The Bertz CT molecular complexity index is 1040. The number of fused-ring (bicyclic) bond motifs is 1. The molecule has 28 heavy (non-hydrogen) atoms. The van der Waals surface area contributed by atoms with Crippen molar-refractivity contribution in [3.63, 3.8) is 0 Å². The summed E-state index contributed by atoms with van der Waals surface area (Å²) in [5.41, 5.74) is 6.88. The second-order valence-electron chi connectivity index (χ2n) is 6.44. The molecule has 0 atom stereocenters. The van der Waals surface area contributed by atoms with Crippen molar-refractivity contribution in [1.82, 2.24) is 20.8 Å². The lowest BCUT2D eigenvalue weighted by molar-refractivity contribution is -0.121. The lowest BCUT2D eigenvalue weighted by Crippen LogP contribution is -2.41. The summed E-state index contributed by atoms with van der Waals surface area (Å²) in [5, 5.41) is 0.540. The molecule has 0 fully saturated rings. The van der Waals surface area contributed by atoms with Crippen molar-refractivity contribution in [2.24, 2.45) is 0 Å². The second kappa shape index (κ2) is 8.94. The minimum Gasteiger partial charge on any atom is -0.310 e. The first-order valence-corrected chi connectivity index (χ1v) is 9.23. The number of carbonyl (C=O) groups is 2. The molecule has 3 N–H and O–H groups in total. The molecule has 0 radical (unpaired) electrons. The number of nitrogens with one attached hydrogen (secondary N) is 3. The van der Waals surface area contributed by atoms with Crippen molar-refractivity contribution in [3.8, 4) is 0 Å². The monoisotopic (exact) mass is 378 g/mol. The zero-order valence-corrected chi connectivity index (χ0v) is 15.6. The number of amides is 2. The highest BCUT2D eigenvalue weighted by Crippen LogP contribution is 2.07. The summed E-state index contributed by atoms with van der Waals surface area (Å²) in [7, 11) is 0. The van der Waals surface area contributed by atoms with Crippen LogP contribution in [0, 0.1) is 0 Å². The molecule has 0 aliphatic heterocycles. The molecule has 0 bridgehead atoms. The first kappa shape index (κ1) is 19.3. The molecule has 144 valence electrons. The molecular weight excluding hydrogens is 356 g/mol. The van der Waals surface area contributed by atoms with Gasteiger partial charge in [-0.3, -0.25) is 25.2 Å². The number of hydrogen-bond donors (Lipinski definition) is 3. The summed E-state index contributed by atoms with van der Waals surface area (Å²) >= 11 is 0. The molecule has 3 aromatic rings. The van der Waals surface area contributed by atoms with Crippen molar-refractivity contribution in [3.05, 3.63) is 75.8 Å². The van der Waals surface area contributed by atoms with Crippen LogP contribution in [-0.2, 0) is 17.6 Å². The van der Waals surface area contributed by atoms with E-state index in [2.05, 4.69) is 20.8 Å². The average molecular weight is 378 g/mol. The van der Waals surface area contributed by atoms with Gasteiger partial charge in [0.25, 0.3) is 11.5 Å². The maximum absolute atomic E-state index is 12.0. The molecule has 0 saturated heterocycles. The van der Waals surface area contributed by atoms with Crippen LogP contribution in [0.2, 0.25) is 0 Å². The van der Waals surface area contributed by atoms with Gasteiger partial charge in [-0.2, -0.15) is 0 Å². The van der Waals surface area contributed by atoms with Crippen molar-refractivity contribution >= 4 is 22.7 Å². The highest BCUT2D eigenvalue weighted by atomic mass is 16.2. The van der Waals surface area contributed by atoms with E-state index in [4.69, 9.17) is 0 Å². The van der Waals surface area contributed by atoms with E-state index in [1.807, 2.05) is 25.1 Å². The number of hydrogen-bond acceptors (Lipinski definition) is 4. The van der Waals surface area contributed by atoms with Gasteiger partial charge in [-0.15, -0.1) is 0 Å². The van der Waals surface area contributed by atoms with Crippen LogP contribution in [-0.4, -0.2) is 21.8 Å². The molecule has 7 nitrogen and oxygen atoms in total. The third-order valence-electron chi connectivity index (χ3n) is 4.42. The largest absolute Gasteiger partial charge is 0.310 e. The van der Waals surface area contributed by atoms with Gasteiger partial charge >= 0.3 is 0 Å². The first-order valence-electron chi connectivity index (χ1n) is 9.23. The van der Waals surface area contributed by atoms with Crippen molar-refractivity contribution in [2.45, 2.75) is 32.6 Å². The SMILES string of the molecule is CCc1ccc(C(=O)NNC(=O)CCCc2nc3ccccc3c(=O)[nH]2)cc1. The number of aromatic nitrogens is 2. The lowest BCUT2D eigenvalue weighted by Gasteiger charge is -2.08. The van der Waals surface area contributed by atoms with Gasteiger partial charge < -0.3 is 4.98 Å². The Hall–Kier alpha value is -3.48. The molecule has 0 unspecified atom stereocenters. The summed E-state index contributed by atoms with van der Waals surface area (Å²) in [6, 6.07) is 14.3. The standard InChI is InChI=1S/C21H22N4O3/c1-2-14-10-12-15(13-11-14)20(27)25-24-19(26)9-5-8-18-22-17-7-4-3-6-16(17)21(28)23-18/h3-4,6-7,10-13H,2,5,8-9H2,1H3,(H,24,26)(H,25,27)(H,22,23,28). The van der Waals surface area contributed by atoms with Crippen LogP contribution in [0.1, 0.15) is 41.5 Å². The van der Waals surface area contributed by atoms with E-state index in [9.17, 15) is 14.4 Å². The Kier molecular flexibility index (Phi) is 6.16. The number of H-pyrrole nitrogens is 1. The van der Waals surface area contributed by atoms with E-state index in [0.29, 0.717) is 35.1 Å². The number of nitrogens with zero attached hydrogens (tertiary/aromatic N) is 1. The molecular formula is C21H22N4O3. The second-order valence-corrected chi connectivity index (χ2v) is 6.44. The van der Waals surface area contributed by atoms with E-state index >= 15 is 0 Å². The van der Waals surface area contributed by atoms with E-state index in [0.717, 1.165) is 12.0 Å². The number of carbonyl (C=O) groups excluding carboxylic acids is 2. The molecule has 2 amide bonds. The molecule has 2 aromatic carbocycles. The van der Waals surface area contributed by atoms with Crippen LogP contribution in [0.4, 0.5) is 0 Å². The number of aromatic amines is 1. The van der Waals surface area contributed by atoms with Gasteiger partial charge in [0.1, 0.15) is 5.82 Å². The van der Waals surface area contributed by atoms with E-state index in [-0.39, 0.29) is 23.8 Å². The summed E-state index contributed by atoms with van der Waals surface area (Å²) in [5.74, 6) is -0.130. The van der Waals surface area contributed by atoms with Gasteiger partial charge in [0.05, 0.1) is 10.9 Å². The number of aryl methyl sites for hydroxylation is 2. The van der Waals surface area contributed by atoms with Gasteiger partial charge in [-0.25, -0.2) is 4.98 Å². The van der Waals surface area contributed by atoms with Gasteiger partial charge in [0, 0.05) is 18.4 Å². The predicted molar refractivity (Wildman–Crippen MR) is 107 cm³/mol. The van der Waals surface area contributed by atoms with Crippen LogP contribution >= 0.6 is 0 Å². The number of benzene rings is 2. The van der Waals surface area contributed by atoms with Crippen LogP contribution in [0.15, 0.2) is 53.3 Å². The Labute approximate surface area is 162 Å². The Morgan fingerprint density at radius 2 is 1.79 bits per heavy atom. The zero-order chi connectivity index (χ0) is 19.9. The van der Waals surface area contributed by atoms with Gasteiger partial charge in [-0.1, -0.05) is 31.2 Å². The zero-order valence-electron chi connectivity index (χ0n) is 15.6. The third kappa shape index (κ3) is 4.82. The predicted octanol–water partition coefficient (Wildman–Crippen LogP) is 2.27. The normalized spacial score (nSPS) is 10.6. The fourth-order valence-electron chi connectivity index (χ4n) is 2.82. The van der Waals surface area contributed by atoms with Crippen molar-refractivity contribution in [1.29, 1.82) is 0 Å². The lowest BCUT2D eigenvalue weighted by atomic mass is 10.1. The van der Waals surface area contributed by atoms with E-state index < -0.39 is 0 Å². The van der Waals surface area contributed by atoms with E-state index in [1.165, 1.54) is 0 Å². The van der Waals surface area contributed by atoms with Crippen molar-refractivity contribution in [2.75, 3.05) is 0 Å². The third-order valence-corrected chi connectivity index (χ3v) is 4.42. The Balaban J connectivity index is 1.46. The maximum Gasteiger partial charge on any atom is 0.269 e. The molecule has 7 heteroatoms. The summed E-state index contributed by atoms with van der Waals surface area (Å²) < 4.78 is 0. The first-order chi connectivity index (χ1) is 13.6. The molecule has 0 aliphatic carbocycles. The molecule has 3 rings (SSSR count). The minimum atomic E-state index is -0.364. The van der Waals surface area contributed by atoms with Crippen LogP contribution in [0.5, 0.6) is 0 Å². The molecule has 1 aromatic heterocycles. The van der Waals surface area contributed by atoms with Gasteiger partial charge in [0.15, 0.2) is 0 Å². The summed E-state index contributed by atoms with van der Waals surface area (Å²) in [4.78, 5) is 43.1. The Morgan fingerprint density at radius 3 is 2.54 bits per heavy atom. The molecule has 0 saturated carbocycles. The summed E-state index contributed by atoms with van der Waals surface area (Å²) in [6.45, 7) is 2.04. The highest BCUT2D eigenvalue weighted by molar-refractivity contribution is 5.95. The molecule has 1 heterocycles. The van der Waals surface area contributed by atoms with Crippen LogP contribution < -0.4 is 16.4 Å². The number of para-hydroxylation sites is 1. The number of hydrazine groups is 1. The van der Waals surface area contributed by atoms with Gasteiger partial charge in [0.2, 0.25) is 5.91 Å². The smallest absolute Gasteiger partial charge is 0.269 e. The minimum absolute atomic E-state index is 0.189. The fourth-order valence-corrected chi connectivity index (χ4v) is 2.82. The van der Waals surface area contributed by atoms with Crippen LogP contribution in [0.25, 0.3) is 10.9 Å². The van der Waals surface area contributed by atoms with Crippen molar-refractivity contribution < 1.29 is 9.59 Å². The topological polar surface area (TPSA) is 104 Å². The van der Waals surface area contributed by atoms with E-state index in [1.54, 1.807) is 30.3 Å². The quantitative estimate of drug-likeness (QED) is 0.572. The van der Waals surface area contributed by atoms with Gasteiger partial charge in [-0.05, 0) is 42.7 Å². The maximum atomic E-state index is 12.0. The highest BCUT2D eigenvalue weighted by Gasteiger charge is 2.08. The summed E-state index contributed by atoms with van der Waals surface area (Å²) in [6.07, 6.45) is 2.05. The molecule has 0 aliphatic rings. The number of rotatable bonds is 6.